The first-order chi connectivity index (χ1) is 9.00. The summed E-state index contributed by atoms with van der Waals surface area (Å²) in [5.41, 5.74) is 1.78. The third-order valence-corrected chi connectivity index (χ3v) is 4.76. The van der Waals surface area contributed by atoms with Gasteiger partial charge in [0.15, 0.2) is 0 Å². The molecule has 3 heteroatoms. The maximum atomic E-state index is 13.9. The smallest absolute Gasteiger partial charge is 0.146 e. The van der Waals surface area contributed by atoms with Crippen LogP contribution in [-0.2, 0) is 4.74 Å². The minimum Gasteiger partial charge on any atom is -0.379 e. The van der Waals surface area contributed by atoms with E-state index in [2.05, 4.69) is 19.2 Å². The minimum absolute atomic E-state index is 0.0707. The van der Waals surface area contributed by atoms with Crippen LogP contribution in [-0.4, -0.2) is 18.8 Å². The molecule has 0 bridgehead atoms. The molecular weight excluding hydrogens is 241 g/mol. The third-order valence-electron chi connectivity index (χ3n) is 4.76. The first kappa shape index (κ1) is 12.9. The van der Waals surface area contributed by atoms with Gasteiger partial charge in [0.1, 0.15) is 5.82 Å². The van der Waals surface area contributed by atoms with Gasteiger partial charge < -0.3 is 10.1 Å². The number of halogens is 1. The fourth-order valence-corrected chi connectivity index (χ4v) is 3.73. The molecule has 2 aliphatic rings. The highest BCUT2D eigenvalue weighted by molar-refractivity contribution is 5.49. The van der Waals surface area contributed by atoms with Crippen LogP contribution in [0.2, 0.25) is 0 Å². The number of benzene rings is 1. The summed E-state index contributed by atoms with van der Waals surface area (Å²) in [6.07, 6.45) is 2.62. The van der Waals surface area contributed by atoms with E-state index in [1.807, 2.05) is 13.0 Å². The van der Waals surface area contributed by atoms with Crippen molar-refractivity contribution in [3.05, 3.63) is 29.6 Å². The second-order valence-electron chi connectivity index (χ2n) is 6.52. The van der Waals surface area contributed by atoms with Crippen LogP contribution in [0.15, 0.2) is 18.2 Å². The van der Waals surface area contributed by atoms with Gasteiger partial charge in [0.25, 0.3) is 0 Å². The molecule has 2 nitrogen and oxygen atoms in total. The molecule has 1 aliphatic carbocycles. The molecule has 19 heavy (non-hydrogen) atoms. The molecule has 1 aromatic rings. The second-order valence-corrected chi connectivity index (χ2v) is 6.52. The van der Waals surface area contributed by atoms with E-state index in [1.165, 1.54) is 12.5 Å². The molecule has 104 valence electrons. The number of rotatable bonds is 2. The lowest BCUT2D eigenvalue weighted by Gasteiger charge is -2.60. The Balaban J connectivity index is 1.81. The largest absolute Gasteiger partial charge is 0.379 e. The number of hydrogen-bond acceptors (Lipinski definition) is 2. The summed E-state index contributed by atoms with van der Waals surface area (Å²) >= 11 is 0. The van der Waals surface area contributed by atoms with E-state index >= 15 is 0 Å². The van der Waals surface area contributed by atoms with Gasteiger partial charge in [0, 0.05) is 24.0 Å². The Kier molecular flexibility index (Phi) is 3.05. The predicted molar refractivity (Wildman–Crippen MR) is 74.8 cm³/mol. The van der Waals surface area contributed by atoms with E-state index in [4.69, 9.17) is 4.74 Å². The van der Waals surface area contributed by atoms with Crippen LogP contribution in [0.4, 0.5) is 10.1 Å². The van der Waals surface area contributed by atoms with Crippen LogP contribution < -0.4 is 5.32 Å². The molecule has 1 heterocycles. The highest BCUT2D eigenvalue weighted by Gasteiger charge is 2.58. The quantitative estimate of drug-likeness (QED) is 0.877. The lowest BCUT2D eigenvalue weighted by Crippen LogP contribution is -2.67. The van der Waals surface area contributed by atoms with E-state index in [9.17, 15) is 4.39 Å². The van der Waals surface area contributed by atoms with E-state index in [0.29, 0.717) is 23.8 Å². The van der Waals surface area contributed by atoms with Crippen molar-refractivity contribution in [1.29, 1.82) is 0 Å². The van der Waals surface area contributed by atoms with Gasteiger partial charge in [-0.3, -0.25) is 0 Å². The van der Waals surface area contributed by atoms with Crippen LogP contribution in [0.5, 0.6) is 0 Å². The minimum atomic E-state index is -0.165. The van der Waals surface area contributed by atoms with E-state index in [-0.39, 0.29) is 11.2 Å². The number of aryl methyl sites for hydroxylation is 1. The average Bonchev–Trinajstić information content (AvgIpc) is 2.39. The van der Waals surface area contributed by atoms with E-state index in [0.717, 1.165) is 18.6 Å². The van der Waals surface area contributed by atoms with Crippen molar-refractivity contribution in [2.75, 3.05) is 11.9 Å². The normalized spacial score (nSPS) is 32.3. The predicted octanol–water partition coefficient (Wildman–Crippen LogP) is 3.75. The molecule has 1 aromatic carbocycles. The molecule has 1 saturated carbocycles. The first-order valence-electron chi connectivity index (χ1n) is 7.14. The van der Waals surface area contributed by atoms with Gasteiger partial charge in [0.05, 0.1) is 11.8 Å². The topological polar surface area (TPSA) is 21.3 Å². The highest BCUT2D eigenvalue weighted by Crippen LogP contribution is 2.52. The fraction of sp³-hybridized carbons (Fsp3) is 0.625. The molecule has 3 atom stereocenters. The standard InChI is InChI=1S/C16H22FNO/c1-10-6-7-12(17)13(9-10)18-14-11-5-4-8-19-15(11)16(14,2)3/h6-7,9,11,14-15,18H,4-5,8H2,1-3H3. The zero-order valence-corrected chi connectivity index (χ0v) is 11.9. The van der Waals surface area contributed by atoms with Crippen LogP contribution in [0.1, 0.15) is 32.3 Å². The van der Waals surface area contributed by atoms with Crippen LogP contribution in [0.25, 0.3) is 0 Å². The summed E-state index contributed by atoms with van der Waals surface area (Å²) in [6, 6.07) is 5.54. The molecule has 0 amide bonds. The van der Waals surface area contributed by atoms with Gasteiger partial charge >= 0.3 is 0 Å². The number of nitrogens with one attached hydrogen (secondary N) is 1. The summed E-state index contributed by atoms with van der Waals surface area (Å²) in [5.74, 6) is 0.352. The third kappa shape index (κ3) is 2.04. The van der Waals surface area contributed by atoms with Gasteiger partial charge in [-0.1, -0.05) is 19.9 Å². The molecule has 2 fully saturated rings. The molecular formula is C16H22FNO. The van der Waals surface area contributed by atoms with Crippen molar-refractivity contribution in [2.45, 2.75) is 45.8 Å². The average molecular weight is 263 g/mol. The molecule has 1 N–H and O–H groups in total. The molecule has 0 aromatic heterocycles. The van der Waals surface area contributed by atoms with Crippen molar-refractivity contribution in [3.8, 4) is 0 Å². The van der Waals surface area contributed by atoms with Gasteiger partial charge in [-0.15, -0.1) is 0 Å². The maximum absolute atomic E-state index is 13.9. The fourth-order valence-electron chi connectivity index (χ4n) is 3.73. The van der Waals surface area contributed by atoms with Gasteiger partial charge in [-0.25, -0.2) is 4.39 Å². The lowest BCUT2D eigenvalue weighted by molar-refractivity contribution is -0.177. The van der Waals surface area contributed by atoms with Crippen LogP contribution >= 0.6 is 0 Å². The van der Waals surface area contributed by atoms with Gasteiger partial charge in [-0.05, 0) is 37.5 Å². The Morgan fingerprint density at radius 3 is 2.95 bits per heavy atom. The van der Waals surface area contributed by atoms with Crippen molar-refractivity contribution >= 4 is 5.69 Å². The number of anilines is 1. The van der Waals surface area contributed by atoms with Crippen molar-refractivity contribution in [1.82, 2.24) is 0 Å². The Bertz CT molecular complexity index is 486. The Morgan fingerprint density at radius 1 is 1.37 bits per heavy atom. The summed E-state index contributed by atoms with van der Waals surface area (Å²) in [7, 11) is 0. The Labute approximate surface area is 114 Å². The first-order valence-corrected chi connectivity index (χ1v) is 7.14. The zero-order valence-electron chi connectivity index (χ0n) is 11.9. The molecule has 1 aliphatic heterocycles. The van der Waals surface area contributed by atoms with Crippen molar-refractivity contribution in [3.63, 3.8) is 0 Å². The summed E-state index contributed by atoms with van der Waals surface area (Å²) < 4.78 is 19.8. The van der Waals surface area contributed by atoms with E-state index in [1.54, 1.807) is 6.07 Å². The molecule has 3 rings (SSSR count). The zero-order chi connectivity index (χ0) is 13.6. The molecule has 0 spiro atoms. The summed E-state index contributed by atoms with van der Waals surface area (Å²) in [4.78, 5) is 0. The number of fused-ring (bicyclic) bond motifs is 1. The summed E-state index contributed by atoms with van der Waals surface area (Å²) in [6.45, 7) is 7.29. The Morgan fingerprint density at radius 2 is 2.16 bits per heavy atom. The van der Waals surface area contributed by atoms with Gasteiger partial charge in [0.2, 0.25) is 0 Å². The van der Waals surface area contributed by atoms with Gasteiger partial charge in [-0.2, -0.15) is 0 Å². The number of hydrogen-bond donors (Lipinski definition) is 1. The lowest BCUT2D eigenvalue weighted by atomic mass is 9.55. The number of ether oxygens (including phenoxy) is 1. The molecule has 0 radical (unpaired) electrons. The van der Waals surface area contributed by atoms with Crippen molar-refractivity contribution < 1.29 is 9.13 Å². The molecule has 3 unspecified atom stereocenters. The maximum Gasteiger partial charge on any atom is 0.146 e. The summed E-state index contributed by atoms with van der Waals surface area (Å²) in [5, 5.41) is 3.42. The van der Waals surface area contributed by atoms with E-state index < -0.39 is 0 Å². The van der Waals surface area contributed by atoms with Crippen LogP contribution in [0.3, 0.4) is 0 Å². The monoisotopic (exact) mass is 263 g/mol. The molecule has 1 saturated heterocycles. The SMILES string of the molecule is Cc1ccc(F)c(NC2C3CCCOC3C2(C)C)c1. The van der Waals surface area contributed by atoms with Crippen LogP contribution in [0, 0.1) is 24.1 Å². The highest BCUT2D eigenvalue weighted by atomic mass is 19.1. The Hall–Kier alpha value is -1.09. The van der Waals surface area contributed by atoms with Crippen molar-refractivity contribution in [2.24, 2.45) is 11.3 Å². The second kappa shape index (κ2) is 4.48.